The average Bonchev–Trinajstić information content (AvgIpc) is 3.33. The van der Waals surface area contributed by atoms with Gasteiger partial charge in [0.2, 0.25) is 0 Å². The molecule has 0 radical (unpaired) electrons. The van der Waals surface area contributed by atoms with Crippen molar-refractivity contribution in [3.8, 4) is 0 Å². The van der Waals surface area contributed by atoms with Crippen LogP contribution in [0.5, 0.6) is 0 Å². The molecule has 0 nitrogen and oxygen atoms in total. The molecule has 0 fully saturated rings. The fraction of sp³-hybridized carbons (Fsp3) is 0.556. The summed E-state index contributed by atoms with van der Waals surface area (Å²) in [5.74, 6) is 0.729. The van der Waals surface area contributed by atoms with Crippen LogP contribution in [0.25, 0.3) is 6.08 Å². The molecule has 0 saturated carbocycles. The molecule has 0 aromatic heterocycles. The van der Waals surface area contributed by atoms with Gasteiger partial charge in [-0.2, -0.15) is 0 Å². The van der Waals surface area contributed by atoms with Gasteiger partial charge in [0.1, 0.15) is 0 Å². The minimum Gasteiger partial charge on any atom is -1.00 e. The van der Waals surface area contributed by atoms with Crippen LogP contribution in [0.15, 0.2) is 51.2 Å². The SMILES string of the molecule is CCCC(C)C1=[C]([Ti+2][CH]2C(P(C(C)CC)C(C)CC)=Cc3ccccc32)CC=C1.[Cl-].[Cl-]. The second-order valence-electron chi connectivity index (χ2n) is 8.93. The number of fused-ring (bicyclic) bond motifs is 1. The largest absolute Gasteiger partial charge is 1.00 e. The maximum absolute atomic E-state index is 2.63. The molecule has 0 aliphatic heterocycles. The maximum Gasteiger partial charge on any atom is -1.00 e. The summed E-state index contributed by atoms with van der Waals surface area (Å²) in [6, 6.07) is 9.30. The van der Waals surface area contributed by atoms with Crippen LogP contribution in [-0.4, -0.2) is 11.3 Å². The first kappa shape index (κ1) is 29.2. The third kappa shape index (κ3) is 6.61. The van der Waals surface area contributed by atoms with Crippen molar-refractivity contribution < 1.29 is 44.0 Å². The monoisotopic (exact) mass is 512 g/mol. The number of rotatable bonds is 10. The van der Waals surface area contributed by atoms with E-state index in [2.05, 4.69) is 84.0 Å². The molecule has 0 bridgehead atoms. The van der Waals surface area contributed by atoms with Crippen molar-refractivity contribution in [1.29, 1.82) is 0 Å². The minimum atomic E-state index is -0.198. The molecule has 4 atom stereocenters. The summed E-state index contributed by atoms with van der Waals surface area (Å²) in [4.78, 5) is 0. The Morgan fingerprint density at radius 3 is 2.26 bits per heavy atom. The molecule has 31 heavy (non-hydrogen) atoms. The Balaban J connectivity index is 0.00000240. The third-order valence-electron chi connectivity index (χ3n) is 6.87. The molecule has 4 heteroatoms. The Morgan fingerprint density at radius 2 is 1.65 bits per heavy atom. The summed E-state index contributed by atoms with van der Waals surface area (Å²) < 4.78 is 2.56. The Morgan fingerprint density at radius 1 is 1.00 bits per heavy atom. The van der Waals surface area contributed by atoms with Gasteiger partial charge in [0.05, 0.1) is 0 Å². The van der Waals surface area contributed by atoms with Gasteiger partial charge in [-0.15, -0.1) is 0 Å². The molecule has 4 unspecified atom stereocenters. The van der Waals surface area contributed by atoms with E-state index in [4.69, 9.17) is 0 Å². The number of halogens is 2. The van der Waals surface area contributed by atoms with Gasteiger partial charge in [-0.3, -0.25) is 0 Å². The fourth-order valence-electron chi connectivity index (χ4n) is 4.91. The topological polar surface area (TPSA) is 0 Å². The van der Waals surface area contributed by atoms with E-state index in [1.54, 1.807) is 11.1 Å². The van der Waals surface area contributed by atoms with Crippen molar-refractivity contribution in [2.45, 2.75) is 89.2 Å². The molecule has 1 aromatic carbocycles. The van der Waals surface area contributed by atoms with Gasteiger partial charge in [-0.1, -0.05) is 0 Å². The normalized spacial score (nSPS) is 20.7. The molecule has 0 saturated heterocycles. The van der Waals surface area contributed by atoms with Gasteiger partial charge in [0, 0.05) is 0 Å². The van der Waals surface area contributed by atoms with Crippen molar-refractivity contribution in [3.05, 3.63) is 62.3 Å². The van der Waals surface area contributed by atoms with E-state index in [-0.39, 0.29) is 51.9 Å². The van der Waals surface area contributed by atoms with Gasteiger partial charge >= 0.3 is 191 Å². The minimum absolute atomic E-state index is 0. The fourth-order valence-corrected chi connectivity index (χ4v) is 12.0. The first-order chi connectivity index (χ1) is 14.0. The smallest absolute Gasteiger partial charge is 1.00 e. The van der Waals surface area contributed by atoms with Gasteiger partial charge in [0.25, 0.3) is 0 Å². The molecule has 1 aromatic rings. The number of allylic oxidation sites excluding steroid dienone is 5. The van der Waals surface area contributed by atoms with Crippen molar-refractivity contribution in [1.82, 2.24) is 0 Å². The molecule has 0 spiro atoms. The Kier molecular flexibility index (Phi) is 13.0. The summed E-state index contributed by atoms with van der Waals surface area (Å²) in [6.45, 7) is 14.6. The van der Waals surface area contributed by atoms with Gasteiger partial charge in [0.15, 0.2) is 0 Å². The molecule has 3 rings (SSSR count). The van der Waals surface area contributed by atoms with Crippen LogP contribution < -0.4 is 24.8 Å². The maximum atomic E-state index is 2.63. The molecule has 0 amide bonds. The average molecular weight is 513 g/mol. The van der Waals surface area contributed by atoms with Gasteiger partial charge in [-0.25, -0.2) is 0 Å². The first-order valence-corrected chi connectivity index (χ1v) is 14.9. The van der Waals surface area contributed by atoms with Crippen LogP contribution in [0.1, 0.15) is 89.0 Å². The summed E-state index contributed by atoms with van der Waals surface area (Å²) >= 11 is -0.198. The van der Waals surface area contributed by atoms with Crippen LogP contribution in [0, 0.1) is 5.92 Å². The summed E-state index contributed by atoms with van der Waals surface area (Å²) in [7, 11) is -0.0772. The number of benzene rings is 1. The van der Waals surface area contributed by atoms with Crippen LogP contribution in [0.3, 0.4) is 0 Å². The Labute approximate surface area is 214 Å². The zero-order valence-corrected chi connectivity index (χ0v) is 24.1. The molecular formula is C27H39Cl2PTi. The van der Waals surface area contributed by atoms with Crippen molar-refractivity contribution >= 4 is 14.0 Å². The van der Waals surface area contributed by atoms with Crippen molar-refractivity contribution in [3.63, 3.8) is 0 Å². The molecule has 0 N–H and O–H groups in total. The standard InChI is InChI=1S/C17H24P.C10H15.2ClH.Ti/c1-5-13(3)18(14(4)6-2)17-11-15-9-7-8-10-16(15)12-17;1-3-6-9(2)10-7-4-5-8-10;;;/h7-14H,5-6H2,1-4H3;4,7,9H,3,5-6H2,1-2H3;2*1H;/q;;;;+2/p-2. The van der Waals surface area contributed by atoms with Crippen LogP contribution in [-0.2, 0) is 19.2 Å². The van der Waals surface area contributed by atoms with Gasteiger partial charge in [-0.05, 0) is 0 Å². The van der Waals surface area contributed by atoms with Crippen LogP contribution >= 0.6 is 7.92 Å². The Bertz CT molecular complexity index is 788. The third-order valence-corrected chi connectivity index (χ3v) is 13.6. The first-order valence-electron chi connectivity index (χ1n) is 11.8. The second-order valence-corrected chi connectivity index (χ2v) is 14.3. The number of hydrogen-bond acceptors (Lipinski definition) is 0. The zero-order valence-electron chi connectivity index (χ0n) is 20.1. The van der Waals surface area contributed by atoms with E-state index in [0.29, 0.717) is 0 Å². The molecule has 2 aliphatic carbocycles. The van der Waals surface area contributed by atoms with Crippen LogP contribution in [0.4, 0.5) is 0 Å². The number of hydrogen-bond donors (Lipinski definition) is 0. The summed E-state index contributed by atoms with van der Waals surface area (Å²) in [6.07, 6.45) is 14.0. The van der Waals surface area contributed by atoms with Gasteiger partial charge < -0.3 is 24.8 Å². The van der Waals surface area contributed by atoms with E-state index >= 15 is 0 Å². The summed E-state index contributed by atoms with van der Waals surface area (Å²) in [5.41, 5.74) is 6.51. The molecule has 170 valence electrons. The summed E-state index contributed by atoms with van der Waals surface area (Å²) in [5, 5.41) is 1.84. The van der Waals surface area contributed by atoms with Crippen LogP contribution in [0.2, 0.25) is 0 Å². The van der Waals surface area contributed by atoms with E-state index in [1.807, 2.05) is 9.19 Å². The zero-order chi connectivity index (χ0) is 21.0. The van der Waals surface area contributed by atoms with E-state index < -0.39 is 0 Å². The molecule has 0 heterocycles. The second kappa shape index (κ2) is 13.8. The predicted molar refractivity (Wildman–Crippen MR) is 128 cm³/mol. The quantitative estimate of drug-likeness (QED) is 0.334. The van der Waals surface area contributed by atoms with Crippen molar-refractivity contribution in [2.75, 3.05) is 0 Å². The van der Waals surface area contributed by atoms with E-state index in [1.165, 1.54) is 37.7 Å². The van der Waals surface area contributed by atoms with Crippen molar-refractivity contribution in [2.24, 2.45) is 5.92 Å². The van der Waals surface area contributed by atoms with E-state index in [9.17, 15) is 0 Å². The molecule has 2 aliphatic rings. The van der Waals surface area contributed by atoms with E-state index in [0.717, 1.165) is 21.5 Å². The predicted octanol–water partition coefficient (Wildman–Crippen LogP) is 2.90. The molecular weight excluding hydrogens is 474 g/mol. The Hall–Kier alpha value is 0.164.